The van der Waals surface area contributed by atoms with E-state index in [9.17, 15) is 4.79 Å². The van der Waals surface area contributed by atoms with E-state index in [2.05, 4.69) is 22.0 Å². The number of benzene rings is 1. The van der Waals surface area contributed by atoms with Crippen molar-refractivity contribution in [3.63, 3.8) is 0 Å². The van der Waals surface area contributed by atoms with Crippen molar-refractivity contribution in [2.45, 2.75) is 13.0 Å². The standard InChI is InChI=1S/C17H19N3O/c1-14(21)20-11-10-19(16-7-3-2-4-8-16)13-17(20)15-6-5-9-18-12-15/h2-9,12,17H,10-11,13H2,1H3. The highest BCUT2D eigenvalue weighted by molar-refractivity contribution is 5.74. The van der Waals surface area contributed by atoms with Crippen LogP contribution in [-0.4, -0.2) is 35.4 Å². The third-order valence-electron chi connectivity index (χ3n) is 3.98. The van der Waals surface area contributed by atoms with Crippen molar-refractivity contribution < 1.29 is 4.79 Å². The normalized spacial score (nSPS) is 18.6. The van der Waals surface area contributed by atoms with Crippen LogP contribution in [0.3, 0.4) is 0 Å². The predicted molar refractivity (Wildman–Crippen MR) is 83.0 cm³/mol. The zero-order valence-corrected chi connectivity index (χ0v) is 12.1. The van der Waals surface area contributed by atoms with E-state index in [-0.39, 0.29) is 11.9 Å². The van der Waals surface area contributed by atoms with Crippen molar-refractivity contribution in [3.05, 3.63) is 60.4 Å². The van der Waals surface area contributed by atoms with Crippen LogP contribution in [0.15, 0.2) is 54.9 Å². The molecule has 1 aromatic carbocycles. The molecule has 1 amide bonds. The van der Waals surface area contributed by atoms with Gasteiger partial charge in [-0.05, 0) is 23.8 Å². The number of para-hydroxylation sites is 1. The van der Waals surface area contributed by atoms with Gasteiger partial charge in [-0.15, -0.1) is 0 Å². The van der Waals surface area contributed by atoms with Gasteiger partial charge in [0, 0.05) is 44.6 Å². The van der Waals surface area contributed by atoms with Gasteiger partial charge in [-0.3, -0.25) is 9.78 Å². The van der Waals surface area contributed by atoms with Crippen molar-refractivity contribution in [2.75, 3.05) is 24.5 Å². The molecule has 4 heteroatoms. The first-order valence-corrected chi connectivity index (χ1v) is 7.23. The maximum absolute atomic E-state index is 11.9. The molecule has 0 radical (unpaired) electrons. The predicted octanol–water partition coefficient (Wildman–Crippen LogP) is 2.49. The molecule has 21 heavy (non-hydrogen) atoms. The summed E-state index contributed by atoms with van der Waals surface area (Å²) >= 11 is 0. The van der Waals surface area contributed by atoms with Crippen LogP contribution in [0, 0.1) is 0 Å². The minimum Gasteiger partial charge on any atom is -0.367 e. The number of hydrogen-bond acceptors (Lipinski definition) is 3. The van der Waals surface area contributed by atoms with Crippen LogP contribution in [0.1, 0.15) is 18.5 Å². The number of piperazine rings is 1. The third-order valence-corrected chi connectivity index (χ3v) is 3.98. The van der Waals surface area contributed by atoms with Crippen LogP contribution < -0.4 is 4.90 Å². The summed E-state index contributed by atoms with van der Waals surface area (Å²) in [4.78, 5) is 20.4. The molecule has 3 rings (SSSR count). The summed E-state index contributed by atoms with van der Waals surface area (Å²) in [5.74, 6) is 0.122. The summed E-state index contributed by atoms with van der Waals surface area (Å²) < 4.78 is 0. The molecule has 1 aliphatic heterocycles. The Balaban J connectivity index is 1.87. The molecular formula is C17H19N3O. The van der Waals surface area contributed by atoms with Crippen LogP contribution >= 0.6 is 0 Å². The zero-order chi connectivity index (χ0) is 14.7. The highest BCUT2D eigenvalue weighted by Crippen LogP contribution is 2.28. The van der Waals surface area contributed by atoms with Crippen LogP contribution in [0.2, 0.25) is 0 Å². The second-order valence-electron chi connectivity index (χ2n) is 5.30. The lowest BCUT2D eigenvalue weighted by molar-refractivity contribution is -0.131. The average molecular weight is 281 g/mol. The van der Waals surface area contributed by atoms with E-state index >= 15 is 0 Å². The minimum atomic E-state index is 0.0603. The van der Waals surface area contributed by atoms with Crippen molar-refractivity contribution in [2.24, 2.45) is 0 Å². The Morgan fingerprint density at radius 2 is 1.95 bits per heavy atom. The Hall–Kier alpha value is -2.36. The van der Waals surface area contributed by atoms with Gasteiger partial charge in [0.15, 0.2) is 0 Å². The fraction of sp³-hybridized carbons (Fsp3) is 0.294. The Morgan fingerprint density at radius 3 is 2.62 bits per heavy atom. The topological polar surface area (TPSA) is 36.4 Å². The first-order chi connectivity index (χ1) is 10.3. The SMILES string of the molecule is CC(=O)N1CCN(c2ccccc2)CC1c1cccnc1. The number of carbonyl (C=O) groups is 1. The molecule has 4 nitrogen and oxygen atoms in total. The van der Waals surface area contributed by atoms with E-state index in [1.807, 2.05) is 41.4 Å². The quantitative estimate of drug-likeness (QED) is 0.848. The van der Waals surface area contributed by atoms with Crippen LogP contribution in [0.4, 0.5) is 5.69 Å². The first-order valence-electron chi connectivity index (χ1n) is 7.23. The van der Waals surface area contributed by atoms with Gasteiger partial charge in [-0.2, -0.15) is 0 Å². The van der Waals surface area contributed by atoms with Gasteiger partial charge >= 0.3 is 0 Å². The molecule has 0 aliphatic carbocycles. The first kappa shape index (κ1) is 13.6. The molecule has 0 N–H and O–H groups in total. The van der Waals surface area contributed by atoms with Gasteiger partial charge in [0.05, 0.1) is 6.04 Å². The number of amides is 1. The molecule has 1 aromatic heterocycles. The lowest BCUT2D eigenvalue weighted by Gasteiger charge is -2.42. The number of rotatable bonds is 2. The molecule has 0 saturated carbocycles. The van der Waals surface area contributed by atoms with E-state index in [4.69, 9.17) is 0 Å². The summed E-state index contributed by atoms with van der Waals surface area (Å²) in [7, 11) is 0. The summed E-state index contributed by atoms with van der Waals surface area (Å²) in [5, 5.41) is 0. The fourth-order valence-corrected chi connectivity index (χ4v) is 2.89. The Kier molecular flexibility index (Phi) is 3.86. The Bertz CT molecular complexity index is 600. The lowest BCUT2D eigenvalue weighted by Crippen LogP contribution is -2.50. The number of hydrogen-bond donors (Lipinski definition) is 0. The molecule has 1 fully saturated rings. The molecule has 0 spiro atoms. The van der Waals surface area contributed by atoms with E-state index in [1.165, 1.54) is 5.69 Å². The van der Waals surface area contributed by atoms with Gasteiger partial charge in [0.25, 0.3) is 0 Å². The monoisotopic (exact) mass is 281 g/mol. The minimum absolute atomic E-state index is 0.0603. The van der Waals surface area contributed by atoms with E-state index < -0.39 is 0 Å². The van der Waals surface area contributed by atoms with Crippen LogP contribution in [0.25, 0.3) is 0 Å². The summed E-state index contributed by atoms with van der Waals surface area (Å²) in [5.41, 5.74) is 2.29. The van der Waals surface area contributed by atoms with Crippen LogP contribution in [-0.2, 0) is 4.79 Å². The second-order valence-corrected chi connectivity index (χ2v) is 5.30. The highest BCUT2D eigenvalue weighted by atomic mass is 16.2. The molecule has 1 unspecified atom stereocenters. The molecule has 108 valence electrons. The summed E-state index contributed by atoms with van der Waals surface area (Å²) in [6.07, 6.45) is 3.62. The Morgan fingerprint density at radius 1 is 1.14 bits per heavy atom. The number of nitrogens with zero attached hydrogens (tertiary/aromatic N) is 3. The molecule has 1 saturated heterocycles. The second kappa shape index (κ2) is 5.95. The third kappa shape index (κ3) is 2.89. The maximum atomic E-state index is 11.9. The average Bonchev–Trinajstić information content (AvgIpc) is 2.56. The summed E-state index contributed by atoms with van der Waals surface area (Å²) in [6.45, 7) is 4.04. The van der Waals surface area contributed by atoms with E-state index in [0.29, 0.717) is 0 Å². The van der Waals surface area contributed by atoms with Gasteiger partial charge in [-0.1, -0.05) is 24.3 Å². The molecule has 0 bridgehead atoms. The summed E-state index contributed by atoms with van der Waals surface area (Å²) in [6, 6.07) is 14.4. The number of anilines is 1. The van der Waals surface area contributed by atoms with E-state index in [0.717, 1.165) is 25.2 Å². The molecule has 1 atom stereocenters. The van der Waals surface area contributed by atoms with Gasteiger partial charge in [0.2, 0.25) is 5.91 Å². The molecule has 1 aliphatic rings. The van der Waals surface area contributed by atoms with Crippen molar-refractivity contribution in [1.82, 2.24) is 9.88 Å². The van der Waals surface area contributed by atoms with Gasteiger partial charge < -0.3 is 9.80 Å². The Labute approximate surface area is 125 Å². The number of aromatic nitrogens is 1. The maximum Gasteiger partial charge on any atom is 0.220 e. The molecular weight excluding hydrogens is 262 g/mol. The van der Waals surface area contributed by atoms with Crippen molar-refractivity contribution in [1.29, 1.82) is 0 Å². The van der Waals surface area contributed by atoms with Gasteiger partial charge in [0.1, 0.15) is 0 Å². The largest absolute Gasteiger partial charge is 0.367 e. The number of pyridine rings is 1. The molecule has 2 heterocycles. The highest BCUT2D eigenvalue weighted by Gasteiger charge is 2.30. The smallest absolute Gasteiger partial charge is 0.220 e. The van der Waals surface area contributed by atoms with Crippen LogP contribution in [0.5, 0.6) is 0 Å². The van der Waals surface area contributed by atoms with Crippen molar-refractivity contribution >= 4 is 11.6 Å². The number of carbonyl (C=O) groups excluding carboxylic acids is 1. The zero-order valence-electron chi connectivity index (χ0n) is 12.1. The fourth-order valence-electron chi connectivity index (χ4n) is 2.89. The van der Waals surface area contributed by atoms with Gasteiger partial charge in [-0.25, -0.2) is 0 Å². The van der Waals surface area contributed by atoms with Crippen molar-refractivity contribution in [3.8, 4) is 0 Å². The lowest BCUT2D eigenvalue weighted by atomic mass is 10.0. The van der Waals surface area contributed by atoms with E-state index in [1.54, 1.807) is 13.1 Å². The molecule has 2 aromatic rings.